The van der Waals surface area contributed by atoms with Crippen molar-refractivity contribution in [3.63, 3.8) is 0 Å². The van der Waals surface area contributed by atoms with Crippen LogP contribution in [-0.4, -0.2) is 40.2 Å². The van der Waals surface area contributed by atoms with Gasteiger partial charge in [0, 0.05) is 42.6 Å². The van der Waals surface area contributed by atoms with Crippen molar-refractivity contribution in [1.29, 1.82) is 0 Å². The van der Waals surface area contributed by atoms with Crippen molar-refractivity contribution < 1.29 is 14.0 Å². The Morgan fingerprint density at radius 3 is 2.68 bits per heavy atom. The normalized spacial score (nSPS) is 19.9. The molecular formula is C24H25N3O3S. The molecule has 1 aromatic heterocycles. The van der Waals surface area contributed by atoms with E-state index in [0.29, 0.717) is 12.5 Å². The Kier molecular flexibility index (Phi) is 5.70. The summed E-state index contributed by atoms with van der Waals surface area (Å²) in [7, 11) is 0. The van der Waals surface area contributed by atoms with Crippen LogP contribution in [0.3, 0.4) is 0 Å². The number of ether oxygens (including phenoxy) is 2. The van der Waals surface area contributed by atoms with E-state index < -0.39 is 11.2 Å². The van der Waals surface area contributed by atoms with Gasteiger partial charge in [-0.1, -0.05) is 19.1 Å². The average molecular weight is 436 g/mol. The molecule has 0 aliphatic carbocycles. The number of aromatic nitrogens is 2. The highest BCUT2D eigenvalue weighted by molar-refractivity contribution is 7.91. The minimum absolute atomic E-state index is 0.250. The topological polar surface area (TPSA) is 70.5 Å². The SMILES string of the molecule is CCc1cnc(N2CCC(COc3ccc(-c4ccc5c(c4)OC[S+]5[O-])cc3)C2)nc1. The molecule has 3 aromatic rings. The summed E-state index contributed by atoms with van der Waals surface area (Å²) in [6, 6.07) is 13.9. The van der Waals surface area contributed by atoms with E-state index in [0.717, 1.165) is 65.0 Å². The van der Waals surface area contributed by atoms with Gasteiger partial charge in [0.1, 0.15) is 5.75 Å². The molecule has 2 atom stereocenters. The Morgan fingerprint density at radius 1 is 1.13 bits per heavy atom. The van der Waals surface area contributed by atoms with E-state index in [-0.39, 0.29) is 5.94 Å². The molecule has 6 nitrogen and oxygen atoms in total. The van der Waals surface area contributed by atoms with Gasteiger partial charge in [-0.2, -0.15) is 0 Å². The standard InChI is InChI=1S/C24H25N3O3S/c1-2-17-12-25-24(26-13-17)27-10-9-18(14-27)15-29-21-6-3-19(4-7-21)20-5-8-23-22(11-20)30-16-31(23)28/h3-8,11-13,18H,2,9-10,14-16H2,1H3. The summed E-state index contributed by atoms with van der Waals surface area (Å²) in [4.78, 5) is 12.0. The molecule has 0 spiro atoms. The molecular weight excluding hydrogens is 410 g/mol. The molecule has 0 radical (unpaired) electrons. The predicted molar refractivity (Wildman–Crippen MR) is 121 cm³/mol. The van der Waals surface area contributed by atoms with Crippen LogP contribution in [0, 0.1) is 5.92 Å². The molecule has 2 aromatic carbocycles. The van der Waals surface area contributed by atoms with Gasteiger partial charge in [-0.05, 0) is 59.9 Å². The molecule has 7 heteroatoms. The third kappa shape index (κ3) is 4.34. The number of fused-ring (bicyclic) bond motifs is 1. The Bertz CT molecular complexity index is 1040. The Balaban J connectivity index is 1.16. The molecule has 0 N–H and O–H groups in total. The van der Waals surface area contributed by atoms with Gasteiger partial charge >= 0.3 is 0 Å². The van der Waals surface area contributed by atoms with Gasteiger partial charge in [0.05, 0.1) is 6.61 Å². The number of rotatable bonds is 6. The molecule has 0 amide bonds. The molecule has 160 valence electrons. The molecule has 0 bridgehead atoms. The number of benzene rings is 2. The van der Waals surface area contributed by atoms with Gasteiger partial charge in [0.15, 0.2) is 10.6 Å². The van der Waals surface area contributed by atoms with Crippen LogP contribution in [0.5, 0.6) is 11.5 Å². The van der Waals surface area contributed by atoms with E-state index in [1.807, 2.05) is 54.9 Å². The lowest BCUT2D eigenvalue weighted by molar-refractivity contribution is 0.261. The highest BCUT2D eigenvalue weighted by atomic mass is 32.2. The van der Waals surface area contributed by atoms with Crippen LogP contribution < -0.4 is 14.4 Å². The average Bonchev–Trinajstić information content (AvgIpc) is 3.45. The first-order valence-corrected chi connectivity index (χ1v) is 12.0. The van der Waals surface area contributed by atoms with Crippen LogP contribution in [0.15, 0.2) is 59.8 Å². The zero-order valence-corrected chi connectivity index (χ0v) is 18.3. The Hall–Kier alpha value is -2.77. The summed E-state index contributed by atoms with van der Waals surface area (Å²) >= 11 is -1.04. The smallest absolute Gasteiger partial charge is 0.250 e. The maximum absolute atomic E-state index is 11.8. The summed E-state index contributed by atoms with van der Waals surface area (Å²) in [6.07, 6.45) is 5.87. The second-order valence-corrected chi connectivity index (χ2v) is 9.32. The van der Waals surface area contributed by atoms with Gasteiger partial charge < -0.3 is 18.9 Å². The van der Waals surface area contributed by atoms with Crippen LogP contribution in [0.4, 0.5) is 5.95 Å². The minimum atomic E-state index is -1.04. The van der Waals surface area contributed by atoms with E-state index in [1.165, 1.54) is 0 Å². The van der Waals surface area contributed by atoms with Gasteiger partial charge in [-0.25, -0.2) is 9.97 Å². The zero-order chi connectivity index (χ0) is 21.2. The van der Waals surface area contributed by atoms with Crippen LogP contribution in [0.2, 0.25) is 0 Å². The van der Waals surface area contributed by atoms with E-state index in [1.54, 1.807) is 0 Å². The highest BCUT2D eigenvalue weighted by Crippen LogP contribution is 2.35. The summed E-state index contributed by atoms with van der Waals surface area (Å²) in [5, 5.41) is 0. The van der Waals surface area contributed by atoms with Crippen molar-refractivity contribution >= 4 is 17.1 Å². The van der Waals surface area contributed by atoms with E-state index in [9.17, 15) is 4.55 Å². The molecule has 3 heterocycles. The van der Waals surface area contributed by atoms with Gasteiger partial charge in [-0.15, -0.1) is 0 Å². The lowest BCUT2D eigenvalue weighted by Crippen LogP contribution is -2.23. The zero-order valence-electron chi connectivity index (χ0n) is 17.5. The van der Waals surface area contributed by atoms with Crippen LogP contribution in [0.1, 0.15) is 18.9 Å². The maximum Gasteiger partial charge on any atom is 0.250 e. The number of hydrogen-bond acceptors (Lipinski definition) is 6. The second-order valence-electron chi connectivity index (χ2n) is 7.95. The summed E-state index contributed by atoms with van der Waals surface area (Å²) in [6.45, 7) is 4.67. The fourth-order valence-corrected chi connectivity index (χ4v) is 4.89. The van der Waals surface area contributed by atoms with E-state index >= 15 is 0 Å². The number of aryl methyl sites for hydroxylation is 1. The van der Waals surface area contributed by atoms with Gasteiger partial charge in [0.2, 0.25) is 5.95 Å². The van der Waals surface area contributed by atoms with E-state index in [2.05, 4.69) is 21.8 Å². The van der Waals surface area contributed by atoms with Crippen molar-refractivity contribution in [2.75, 3.05) is 30.5 Å². The third-order valence-electron chi connectivity index (χ3n) is 5.85. The fourth-order valence-electron chi connectivity index (χ4n) is 3.97. The molecule has 0 saturated carbocycles. The van der Waals surface area contributed by atoms with Crippen LogP contribution in [-0.2, 0) is 17.6 Å². The lowest BCUT2D eigenvalue weighted by atomic mass is 10.1. The van der Waals surface area contributed by atoms with Crippen molar-refractivity contribution in [2.45, 2.75) is 24.7 Å². The number of anilines is 1. The van der Waals surface area contributed by atoms with Gasteiger partial charge in [0.25, 0.3) is 5.94 Å². The Morgan fingerprint density at radius 2 is 1.90 bits per heavy atom. The monoisotopic (exact) mass is 435 g/mol. The molecule has 1 saturated heterocycles. The predicted octanol–water partition coefficient (Wildman–Crippen LogP) is 4.07. The van der Waals surface area contributed by atoms with Crippen molar-refractivity contribution in [3.8, 4) is 22.6 Å². The lowest BCUT2D eigenvalue weighted by Gasteiger charge is -2.16. The first-order valence-electron chi connectivity index (χ1n) is 10.6. The maximum atomic E-state index is 11.8. The molecule has 5 rings (SSSR count). The van der Waals surface area contributed by atoms with Crippen molar-refractivity contribution in [2.24, 2.45) is 5.92 Å². The number of nitrogens with zero attached hydrogens (tertiary/aromatic N) is 3. The Labute approximate surface area is 185 Å². The third-order valence-corrected chi connectivity index (χ3v) is 7.01. The van der Waals surface area contributed by atoms with Crippen molar-refractivity contribution in [3.05, 3.63) is 60.4 Å². The van der Waals surface area contributed by atoms with Crippen molar-refractivity contribution in [1.82, 2.24) is 9.97 Å². The molecule has 2 unspecified atom stereocenters. The minimum Gasteiger partial charge on any atom is -0.609 e. The van der Waals surface area contributed by atoms with Crippen LogP contribution in [0.25, 0.3) is 11.1 Å². The first kappa shape index (κ1) is 20.2. The summed E-state index contributed by atoms with van der Waals surface area (Å²) < 4.78 is 23.4. The second kappa shape index (κ2) is 8.77. The quantitative estimate of drug-likeness (QED) is 0.544. The molecule has 1 fully saturated rings. The van der Waals surface area contributed by atoms with Crippen LogP contribution >= 0.6 is 0 Å². The first-order chi connectivity index (χ1) is 15.2. The highest BCUT2D eigenvalue weighted by Gasteiger charge is 2.26. The fraction of sp³-hybridized carbons (Fsp3) is 0.333. The largest absolute Gasteiger partial charge is 0.609 e. The van der Waals surface area contributed by atoms with Gasteiger partial charge in [-0.3, -0.25) is 0 Å². The summed E-state index contributed by atoms with van der Waals surface area (Å²) in [5.41, 5.74) is 3.29. The molecule has 2 aliphatic heterocycles. The summed E-state index contributed by atoms with van der Waals surface area (Å²) in [5.74, 6) is 3.11. The molecule has 2 aliphatic rings. The molecule has 31 heavy (non-hydrogen) atoms. The number of hydrogen-bond donors (Lipinski definition) is 0. The van der Waals surface area contributed by atoms with E-state index in [4.69, 9.17) is 9.47 Å².